The van der Waals surface area contributed by atoms with Crippen molar-refractivity contribution in [1.82, 2.24) is 0 Å². The molecule has 2 nitrogen and oxygen atoms in total. The van der Waals surface area contributed by atoms with E-state index in [1.807, 2.05) is 30.3 Å². The molecule has 2 unspecified atom stereocenters. The fourth-order valence-corrected chi connectivity index (χ4v) is 4.49. The highest BCUT2D eigenvalue weighted by Gasteiger charge is 2.37. The Balaban J connectivity index is 1.64. The standard InChI is InChI=1S/C28H35NO/c1-5-9-24-18-25(24)16-17-28(3,4)27(19-29)21(2)23-12-14-26(15-13-23)30-20-22-10-7-6-8-11-22/h6-8,10-15,24-25H,5,9,16-18,20H2,1-4H3. The molecular formula is C28H35NO. The average molecular weight is 402 g/mol. The molecule has 1 aliphatic rings. The van der Waals surface area contributed by atoms with Crippen LogP contribution in [0.25, 0.3) is 5.57 Å². The second-order valence-electron chi connectivity index (χ2n) is 9.38. The minimum absolute atomic E-state index is 0.0966. The van der Waals surface area contributed by atoms with Crippen molar-refractivity contribution in [2.24, 2.45) is 17.3 Å². The molecule has 2 atom stereocenters. The molecule has 0 radical (unpaired) electrons. The highest BCUT2D eigenvalue weighted by Crippen LogP contribution is 2.48. The molecule has 0 bridgehead atoms. The van der Waals surface area contributed by atoms with E-state index in [0.717, 1.165) is 46.3 Å². The lowest BCUT2D eigenvalue weighted by atomic mass is 9.77. The van der Waals surface area contributed by atoms with E-state index in [0.29, 0.717) is 6.61 Å². The summed E-state index contributed by atoms with van der Waals surface area (Å²) in [5, 5.41) is 9.94. The molecule has 2 heteroatoms. The second kappa shape index (κ2) is 9.98. The number of hydrogen-bond donors (Lipinski definition) is 0. The maximum atomic E-state index is 9.94. The summed E-state index contributed by atoms with van der Waals surface area (Å²) in [7, 11) is 0. The van der Waals surface area contributed by atoms with Crippen molar-refractivity contribution >= 4 is 5.57 Å². The summed E-state index contributed by atoms with van der Waals surface area (Å²) in [5.74, 6) is 2.67. The molecule has 2 aromatic carbocycles. The van der Waals surface area contributed by atoms with Crippen LogP contribution in [0.1, 0.15) is 70.9 Å². The maximum Gasteiger partial charge on any atom is 0.119 e. The molecule has 0 aliphatic heterocycles. The van der Waals surface area contributed by atoms with Gasteiger partial charge in [-0.2, -0.15) is 5.26 Å². The van der Waals surface area contributed by atoms with Gasteiger partial charge in [0.05, 0.1) is 6.07 Å². The van der Waals surface area contributed by atoms with Gasteiger partial charge < -0.3 is 4.74 Å². The minimum Gasteiger partial charge on any atom is -0.489 e. The van der Waals surface area contributed by atoms with Crippen molar-refractivity contribution in [3.8, 4) is 11.8 Å². The van der Waals surface area contributed by atoms with Crippen molar-refractivity contribution < 1.29 is 4.74 Å². The fourth-order valence-electron chi connectivity index (χ4n) is 4.49. The zero-order valence-electron chi connectivity index (χ0n) is 18.9. The maximum absolute atomic E-state index is 9.94. The van der Waals surface area contributed by atoms with Gasteiger partial charge in [-0.3, -0.25) is 0 Å². The molecule has 1 saturated carbocycles. The number of ether oxygens (including phenoxy) is 1. The molecule has 0 heterocycles. The van der Waals surface area contributed by atoms with Crippen LogP contribution in [-0.4, -0.2) is 0 Å². The Morgan fingerprint density at radius 2 is 1.70 bits per heavy atom. The van der Waals surface area contributed by atoms with Crippen LogP contribution < -0.4 is 4.74 Å². The second-order valence-corrected chi connectivity index (χ2v) is 9.38. The summed E-state index contributed by atoms with van der Waals surface area (Å²) in [6, 6.07) is 20.9. The Labute approximate surface area is 182 Å². The van der Waals surface area contributed by atoms with Gasteiger partial charge in [-0.1, -0.05) is 76.1 Å². The number of hydrogen-bond acceptors (Lipinski definition) is 2. The zero-order chi connectivity index (χ0) is 21.6. The third kappa shape index (κ3) is 5.76. The number of nitriles is 1. The van der Waals surface area contributed by atoms with E-state index in [4.69, 9.17) is 4.74 Å². The van der Waals surface area contributed by atoms with Crippen molar-refractivity contribution in [2.45, 2.75) is 66.4 Å². The van der Waals surface area contributed by atoms with Crippen LogP contribution >= 0.6 is 0 Å². The van der Waals surface area contributed by atoms with Crippen molar-refractivity contribution in [3.05, 3.63) is 71.3 Å². The number of nitrogens with zero attached hydrogens (tertiary/aromatic N) is 1. The van der Waals surface area contributed by atoms with Gasteiger partial charge in [-0.25, -0.2) is 0 Å². The molecule has 2 aromatic rings. The molecule has 1 aliphatic carbocycles. The molecular weight excluding hydrogens is 366 g/mol. The molecule has 158 valence electrons. The van der Waals surface area contributed by atoms with Crippen LogP contribution in [0.15, 0.2) is 60.2 Å². The van der Waals surface area contributed by atoms with E-state index in [1.54, 1.807) is 0 Å². The number of rotatable bonds is 10. The van der Waals surface area contributed by atoms with Crippen molar-refractivity contribution in [2.75, 3.05) is 0 Å². The first-order chi connectivity index (χ1) is 14.4. The molecule has 30 heavy (non-hydrogen) atoms. The zero-order valence-corrected chi connectivity index (χ0v) is 18.9. The van der Waals surface area contributed by atoms with Crippen LogP contribution in [0.5, 0.6) is 5.75 Å². The van der Waals surface area contributed by atoms with Gasteiger partial charge in [0.1, 0.15) is 12.4 Å². The highest BCUT2D eigenvalue weighted by molar-refractivity contribution is 5.71. The molecule has 3 rings (SSSR count). The predicted molar refractivity (Wildman–Crippen MR) is 125 cm³/mol. The fraction of sp³-hybridized carbons (Fsp3) is 0.464. The number of allylic oxidation sites excluding steroid dienone is 2. The van der Waals surface area contributed by atoms with Gasteiger partial charge in [0.2, 0.25) is 0 Å². The molecule has 0 N–H and O–H groups in total. The van der Waals surface area contributed by atoms with Gasteiger partial charge in [0.25, 0.3) is 0 Å². The minimum atomic E-state index is -0.0966. The summed E-state index contributed by atoms with van der Waals surface area (Å²) in [6.07, 6.45) is 6.36. The lowest BCUT2D eigenvalue weighted by molar-refractivity contribution is 0.306. The SMILES string of the molecule is CCCC1CC1CCC(C)(C)C(C#N)=C(C)c1ccc(OCc2ccccc2)cc1. The van der Waals surface area contributed by atoms with E-state index < -0.39 is 0 Å². The van der Waals surface area contributed by atoms with Crippen LogP contribution in [0.3, 0.4) is 0 Å². The topological polar surface area (TPSA) is 33.0 Å². The van der Waals surface area contributed by atoms with E-state index >= 15 is 0 Å². The first-order valence-corrected chi connectivity index (χ1v) is 11.3. The summed E-state index contributed by atoms with van der Waals surface area (Å²) < 4.78 is 5.90. The molecule has 0 saturated heterocycles. The largest absolute Gasteiger partial charge is 0.489 e. The Hall–Kier alpha value is -2.53. The highest BCUT2D eigenvalue weighted by atomic mass is 16.5. The molecule has 0 aromatic heterocycles. The van der Waals surface area contributed by atoms with Crippen LogP contribution in [0, 0.1) is 28.6 Å². The van der Waals surface area contributed by atoms with Crippen LogP contribution in [0.2, 0.25) is 0 Å². The quantitative estimate of drug-likeness (QED) is 0.380. The van der Waals surface area contributed by atoms with Crippen LogP contribution in [-0.2, 0) is 6.61 Å². The predicted octanol–water partition coefficient (Wildman–Crippen LogP) is 7.81. The average Bonchev–Trinajstić information content (AvgIpc) is 3.50. The van der Waals surface area contributed by atoms with Crippen molar-refractivity contribution in [3.63, 3.8) is 0 Å². The van der Waals surface area contributed by atoms with Crippen LogP contribution in [0.4, 0.5) is 0 Å². The smallest absolute Gasteiger partial charge is 0.119 e. The van der Waals surface area contributed by atoms with Gasteiger partial charge in [0, 0.05) is 11.0 Å². The Kier molecular flexibility index (Phi) is 7.38. The summed E-state index contributed by atoms with van der Waals surface area (Å²) in [6.45, 7) is 9.37. The summed E-state index contributed by atoms with van der Waals surface area (Å²) in [5.41, 5.74) is 4.15. The normalized spacial score (nSPS) is 19.0. The van der Waals surface area contributed by atoms with E-state index in [2.05, 4.69) is 58.0 Å². The first kappa shape index (κ1) is 22.2. The summed E-state index contributed by atoms with van der Waals surface area (Å²) >= 11 is 0. The lowest BCUT2D eigenvalue weighted by Crippen LogP contribution is -2.16. The third-order valence-corrected chi connectivity index (χ3v) is 6.57. The third-order valence-electron chi connectivity index (χ3n) is 6.57. The molecule has 0 amide bonds. The van der Waals surface area contributed by atoms with Crippen molar-refractivity contribution in [1.29, 1.82) is 5.26 Å². The Morgan fingerprint density at radius 3 is 2.33 bits per heavy atom. The molecule has 0 spiro atoms. The van der Waals surface area contributed by atoms with Gasteiger partial charge >= 0.3 is 0 Å². The Bertz CT molecular complexity index is 886. The van der Waals surface area contributed by atoms with Gasteiger partial charge in [0.15, 0.2) is 0 Å². The summed E-state index contributed by atoms with van der Waals surface area (Å²) in [4.78, 5) is 0. The lowest BCUT2D eigenvalue weighted by Gasteiger charge is -2.26. The van der Waals surface area contributed by atoms with Gasteiger partial charge in [-0.05, 0) is 66.9 Å². The number of benzene rings is 2. The Morgan fingerprint density at radius 1 is 1.03 bits per heavy atom. The van der Waals surface area contributed by atoms with E-state index in [-0.39, 0.29) is 5.41 Å². The van der Waals surface area contributed by atoms with Gasteiger partial charge in [-0.15, -0.1) is 0 Å². The van der Waals surface area contributed by atoms with E-state index in [9.17, 15) is 5.26 Å². The first-order valence-electron chi connectivity index (χ1n) is 11.3. The van der Waals surface area contributed by atoms with E-state index in [1.165, 1.54) is 25.7 Å². The monoisotopic (exact) mass is 401 g/mol. The molecule has 1 fully saturated rings.